The number of fused-ring (bicyclic) bond motifs is 1. The van der Waals surface area contributed by atoms with E-state index in [1.54, 1.807) is 0 Å². The second-order valence-electron chi connectivity index (χ2n) is 11.1. The lowest BCUT2D eigenvalue weighted by atomic mass is 9.93. The molecule has 0 atom stereocenters. The molecular formula is C33H31F2N7OS. The smallest absolute Gasteiger partial charge is 0.255 e. The van der Waals surface area contributed by atoms with Gasteiger partial charge in [0.15, 0.2) is 18.0 Å². The molecule has 1 aliphatic rings. The van der Waals surface area contributed by atoms with Gasteiger partial charge in [0.25, 0.3) is 5.91 Å². The number of likely N-dealkylation sites (tertiary alicyclic amines) is 1. The van der Waals surface area contributed by atoms with Gasteiger partial charge in [-0.3, -0.25) is 15.1 Å². The SMILES string of the molecule is CC(C)NC(=O)c1cn(SF)c2ncc(C(=N)c3ccc(F)cc3NC3CN(C(c4ccccc4)c4ccccc4)C3)nc12. The van der Waals surface area contributed by atoms with Gasteiger partial charge in [-0.05, 0) is 43.2 Å². The summed E-state index contributed by atoms with van der Waals surface area (Å²) in [7, 11) is 0. The molecule has 6 rings (SSSR count). The van der Waals surface area contributed by atoms with E-state index in [1.807, 2.05) is 50.2 Å². The molecule has 1 fully saturated rings. The van der Waals surface area contributed by atoms with E-state index in [1.165, 1.54) is 41.7 Å². The third-order valence-electron chi connectivity index (χ3n) is 7.57. The summed E-state index contributed by atoms with van der Waals surface area (Å²) < 4.78 is 29.2. The summed E-state index contributed by atoms with van der Waals surface area (Å²) in [6.07, 6.45) is 2.70. The van der Waals surface area contributed by atoms with Crippen molar-refractivity contribution in [2.45, 2.75) is 32.0 Å². The quantitative estimate of drug-likeness (QED) is 0.158. The van der Waals surface area contributed by atoms with Gasteiger partial charge in [0.1, 0.15) is 17.0 Å². The standard InChI is InChI=1S/C33H31F2N7OS/c1-20(2)38-33(43)26-19-42(44-35)32-30(26)40-28(16-37-32)29(36)25-14-13-23(34)15-27(25)39-24-17-41(18-24)31(21-9-5-3-6-10-21)22-11-7-4-8-12-22/h3-16,19-20,24,31,36,39H,17-18H2,1-2H3,(H,38,43). The highest BCUT2D eigenvalue weighted by Gasteiger charge is 2.34. The first-order valence-electron chi connectivity index (χ1n) is 14.3. The highest BCUT2D eigenvalue weighted by atomic mass is 32.2. The number of hydrogen-bond donors (Lipinski definition) is 3. The van der Waals surface area contributed by atoms with Crippen molar-refractivity contribution < 1.29 is 13.1 Å². The molecule has 44 heavy (non-hydrogen) atoms. The van der Waals surface area contributed by atoms with Crippen LogP contribution in [0.1, 0.15) is 52.6 Å². The Morgan fingerprint density at radius 1 is 1.00 bits per heavy atom. The molecule has 8 nitrogen and oxygen atoms in total. The maximum absolute atomic E-state index is 14.5. The Morgan fingerprint density at radius 2 is 1.66 bits per heavy atom. The summed E-state index contributed by atoms with van der Waals surface area (Å²) in [4.78, 5) is 24.1. The van der Waals surface area contributed by atoms with Crippen LogP contribution in [0.15, 0.2) is 91.3 Å². The van der Waals surface area contributed by atoms with Crippen LogP contribution < -0.4 is 10.6 Å². The van der Waals surface area contributed by atoms with Crippen LogP contribution in [0.25, 0.3) is 11.2 Å². The van der Waals surface area contributed by atoms with Crippen LogP contribution in [0.4, 0.5) is 14.0 Å². The zero-order valence-corrected chi connectivity index (χ0v) is 25.0. The van der Waals surface area contributed by atoms with Crippen LogP contribution in [0, 0.1) is 11.2 Å². The van der Waals surface area contributed by atoms with Crippen LogP contribution >= 0.6 is 12.3 Å². The van der Waals surface area contributed by atoms with Crippen LogP contribution in [0.3, 0.4) is 0 Å². The topological polar surface area (TPSA) is 98.9 Å². The number of benzene rings is 3. The van der Waals surface area contributed by atoms with E-state index in [9.17, 15) is 13.1 Å². The number of carbonyl (C=O) groups excluding carboxylic acids is 1. The molecule has 3 aromatic carbocycles. The van der Waals surface area contributed by atoms with E-state index in [0.717, 1.165) is 3.97 Å². The third-order valence-corrected chi connectivity index (χ3v) is 8.00. The molecule has 0 unspecified atom stereocenters. The van der Waals surface area contributed by atoms with E-state index < -0.39 is 11.7 Å². The van der Waals surface area contributed by atoms with E-state index in [2.05, 4.69) is 49.8 Å². The molecule has 2 aromatic heterocycles. The van der Waals surface area contributed by atoms with Gasteiger partial charge >= 0.3 is 0 Å². The minimum absolute atomic E-state index is 0.000367. The number of aromatic nitrogens is 3. The van der Waals surface area contributed by atoms with Crippen molar-refractivity contribution in [3.8, 4) is 0 Å². The lowest BCUT2D eigenvalue weighted by Gasteiger charge is -2.45. The molecule has 224 valence electrons. The zero-order chi connectivity index (χ0) is 30.8. The molecule has 1 amide bonds. The number of hydrogen-bond acceptors (Lipinski definition) is 7. The van der Waals surface area contributed by atoms with E-state index in [-0.39, 0.29) is 58.6 Å². The molecule has 1 aliphatic heterocycles. The first-order chi connectivity index (χ1) is 21.3. The Hall–Kier alpha value is -4.61. The predicted molar refractivity (Wildman–Crippen MR) is 170 cm³/mol. The summed E-state index contributed by atoms with van der Waals surface area (Å²) in [5.41, 5.74) is 3.97. The summed E-state index contributed by atoms with van der Waals surface area (Å²) in [5, 5.41) is 15.2. The van der Waals surface area contributed by atoms with Crippen molar-refractivity contribution in [3.05, 3.63) is 125 Å². The zero-order valence-electron chi connectivity index (χ0n) is 24.2. The summed E-state index contributed by atoms with van der Waals surface area (Å²) in [5.74, 6) is -0.850. The fourth-order valence-corrected chi connectivity index (χ4v) is 5.90. The van der Waals surface area contributed by atoms with Gasteiger partial charge in [-0.2, -0.15) is 0 Å². The van der Waals surface area contributed by atoms with Gasteiger partial charge < -0.3 is 10.6 Å². The summed E-state index contributed by atoms with van der Waals surface area (Å²) in [6, 6.07) is 24.8. The maximum Gasteiger partial charge on any atom is 0.255 e. The van der Waals surface area contributed by atoms with Crippen LogP contribution in [0.2, 0.25) is 0 Å². The first kappa shape index (κ1) is 29.5. The molecule has 11 heteroatoms. The number of nitrogens with one attached hydrogen (secondary N) is 3. The third kappa shape index (κ3) is 5.93. The normalized spacial score (nSPS) is 13.8. The number of carbonyl (C=O) groups is 1. The van der Waals surface area contributed by atoms with Crippen LogP contribution in [-0.2, 0) is 0 Å². The molecule has 1 saturated heterocycles. The molecule has 0 bridgehead atoms. The molecule has 0 aliphatic carbocycles. The second-order valence-corrected chi connectivity index (χ2v) is 11.6. The van der Waals surface area contributed by atoms with Gasteiger partial charge in [-0.25, -0.2) is 18.3 Å². The number of anilines is 1. The molecular weight excluding hydrogens is 580 g/mol. The van der Waals surface area contributed by atoms with Crippen molar-refractivity contribution in [2.75, 3.05) is 18.4 Å². The molecule has 3 N–H and O–H groups in total. The monoisotopic (exact) mass is 611 g/mol. The number of halogens is 2. The van der Waals surface area contributed by atoms with Crippen molar-refractivity contribution in [2.24, 2.45) is 0 Å². The average Bonchev–Trinajstić information content (AvgIpc) is 3.39. The van der Waals surface area contributed by atoms with Crippen molar-refractivity contribution in [1.29, 1.82) is 5.41 Å². The first-order valence-corrected chi connectivity index (χ1v) is 15.0. The van der Waals surface area contributed by atoms with Gasteiger partial charge in [0, 0.05) is 36.6 Å². The van der Waals surface area contributed by atoms with Crippen molar-refractivity contribution in [3.63, 3.8) is 0 Å². The molecule has 0 saturated carbocycles. The molecule has 0 spiro atoms. The predicted octanol–water partition coefficient (Wildman–Crippen LogP) is 6.39. The Balaban J connectivity index is 1.25. The van der Waals surface area contributed by atoms with E-state index >= 15 is 0 Å². The Kier molecular flexibility index (Phi) is 8.40. The maximum atomic E-state index is 14.5. The second kappa shape index (κ2) is 12.6. The fourth-order valence-electron chi connectivity index (χ4n) is 5.55. The van der Waals surface area contributed by atoms with E-state index in [0.29, 0.717) is 24.3 Å². The number of amides is 1. The Morgan fingerprint density at radius 3 is 2.27 bits per heavy atom. The molecule has 0 radical (unpaired) electrons. The Bertz CT molecular complexity index is 1770. The lowest BCUT2D eigenvalue weighted by Crippen LogP contribution is -2.56. The number of nitrogens with zero attached hydrogens (tertiary/aromatic N) is 4. The Labute approximate surface area is 258 Å². The fraction of sp³-hybridized carbons (Fsp3) is 0.212. The largest absolute Gasteiger partial charge is 0.379 e. The molecule has 5 aromatic rings. The van der Waals surface area contributed by atoms with Crippen LogP contribution in [-0.4, -0.2) is 55.6 Å². The van der Waals surface area contributed by atoms with Gasteiger partial charge in [0.05, 0.1) is 29.6 Å². The minimum Gasteiger partial charge on any atom is -0.379 e. The van der Waals surface area contributed by atoms with Gasteiger partial charge in [-0.1, -0.05) is 60.7 Å². The van der Waals surface area contributed by atoms with Crippen LogP contribution in [0.5, 0.6) is 0 Å². The minimum atomic E-state index is -0.432. The van der Waals surface area contributed by atoms with Crippen molar-refractivity contribution >= 4 is 40.8 Å². The molecule has 3 heterocycles. The van der Waals surface area contributed by atoms with Gasteiger partial charge in [0.2, 0.25) is 0 Å². The number of rotatable bonds is 10. The summed E-state index contributed by atoms with van der Waals surface area (Å²) in [6.45, 7) is 5.07. The summed E-state index contributed by atoms with van der Waals surface area (Å²) >= 11 is -0.0902. The average molecular weight is 612 g/mol. The highest BCUT2D eigenvalue weighted by Crippen LogP contribution is 2.34. The van der Waals surface area contributed by atoms with E-state index in [4.69, 9.17) is 5.41 Å². The highest BCUT2D eigenvalue weighted by molar-refractivity contribution is 7.92. The van der Waals surface area contributed by atoms with Crippen molar-refractivity contribution in [1.82, 2.24) is 24.2 Å². The lowest BCUT2D eigenvalue weighted by molar-refractivity contribution is 0.0944. The van der Waals surface area contributed by atoms with Gasteiger partial charge in [-0.15, -0.1) is 3.89 Å².